The predicted molar refractivity (Wildman–Crippen MR) is 155 cm³/mol. The van der Waals surface area contributed by atoms with Gasteiger partial charge in [-0.1, -0.05) is 72.8 Å². The van der Waals surface area contributed by atoms with E-state index >= 15 is 0 Å². The number of carbonyl (C=O) groups is 2. The minimum Gasteiger partial charge on any atom is -0.542 e. The molecule has 0 bridgehead atoms. The Morgan fingerprint density at radius 1 is 0.909 bits per heavy atom. The minimum absolute atomic E-state index is 0.0214. The highest BCUT2D eigenvalue weighted by Gasteiger charge is 2.29. The van der Waals surface area contributed by atoms with Gasteiger partial charge < -0.3 is 19.2 Å². The van der Waals surface area contributed by atoms with Crippen LogP contribution in [0.15, 0.2) is 109 Å². The molecule has 7 nitrogen and oxygen atoms in total. The molecule has 1 heterocycles. The second kappa shape index (κ2) is 14.2. The molecule has 1 atom stereocenters. The summed E-state index contributed by atoms with van der Waals surface area (Å²) in [6.45, 7) is 2.99. The standard InChI is InChI=1S/C32H27N3O2.C2HF3O2/c1-23(27-13-6-3-7-14-27)34-32(36)31-19-28-18-29(37-22-24-9-4-2-5-10-24)15-16-30(28)35(31)21-26-12-8-11-25(17-26)20-33;3-2(4,5)1(6)7/h2-19,23H,21-22H2,1H3,(H,34,36);(H,6,7)/t23-;/m0./s1. The molecular weight excluding hydrogens is 571 g/mol. The summed E-state index contributed by atoms with van der Waals surface area (Å²) in [4.78, 5) is 22.4. The molecule has 4 aromatic carbocycles. The van der Waals surface area contributed by atoms with Gasteiger partial charge in [-0.25, -0.2) is 4.79 Å². The van der Waals surface area contributed by atoms with E-state index in [1.165, 1.54) is 0 Å². The van der Waals surface area contributed by atoms with Crippen LogP contribution in [-0.2, 0) is 17.9 Å². The lowest BCUT2D eigenvalue weighted by Crippen LogP contribution is -2.88. The van der Waals surface area contributed by atoms with E-state index in [2.05, 4.69) is 6.07 Å². The summed E-state index contributed by atoms with van der Waals surface area (Å²) in [6, 6.07) is 37.6. The van der Waals surface area contributed by atoms with E-state index < -0.39 is 12.1 Å². The molecule has 1 amide bonds. The molecule has 10 heteroatoms. The van der Waals surface area contributed by atoms with E-state index in [4.69, 9.17) is 14.6 Å². The summed E-state index contributed by atoms with van der Waals surface area (Å²) in [5.74, 6) is -2.29. The fourth-order valence-corrected chi connectivity index (χ4v) is 4.54. The second-order valence-corrected chi connectivity index (χ2v) is 9.94. The summed E-state index contributed by atoms with van der Waals surface area (Å²) in [6.07, 6.45) is -5.19. The van der Waals surface area contributed by atoms with E-state index in [0.29, 0.717) is 24.4 Å². The van der Waals surface area contributed by atoms with Gasteiger partial charge in [-0.05, 0) is 54.4 Å². The van der Waals surface area contributed by atoms with Crippen molar-refractivity contribution < 1.29 is 37.9 Å². The number of primary amides is 1. The molecule has 5 rings (SSSR count). The maximum atomic E-state index is 13.6. The van der Waals surface area contributed by atoms with Crippen molar-refractivity contribution in [2.75, 3.05) is 0 Å². The van der Waals surface area contributed by atoms with Gasteiger partial charge in [0.05, 0.1) is 11.6 Å². The van der Waals surface area contributed by atoms with Gasteiger partial charge in [0.25, 0.3) is 0 Å². The largest absolute Gasteiger partial charge is 0.542 e. The van der Waals surface area contributed by atoms with Crippen LogP contribution in [0.4, 0.5) is 13.2 Å². The summed E-state index contributed by atoms with van der Waals surface area (Å²) >= 11 is 0. The number of nitrogens with zero attached hydrogens (tertiary/aromatic N) is 2. The maximum absolute atomic E-state index is 13.6. The van der Waals surface area contributed by atoms with Gasteiger partial charge in [0.2, 0.25) is 0 Å². The highest BCUT2D eigenvalue weighted by molar-refractivity contribution is 5.94. The number of rotatable bonds is 8. The molecule has 0 aliphatic rings. The lowest BCUT2D eigenvalue weighted by Gasteiger charge is -2.13. The number of amides is 1. The van der Waals surface area contributed by atoms with Gasteiger partial charge in [0, 0.05) is 23.0 Å². The smallest absolute Gasteiger partial charge is 0.430 e. The monoisotopic (exact) mass is 599 g/mol. The van der Waals surface area contributed by atoms with Gasteiger partial charge in [0.15, 0.2) is 0 Å². The first-order valence-corrected chi connectivity index (χ1v) is 13.6. The molecular formula is C34H28F3N3O4. The second-order valence-electron chi connectivity index (χ2n) is 9.94. The van der Waals surface area contributed by atoms with Gasteiger partial charge in [-0.2, -0.15) is 18.4 Å². The fourth-order valence-electron chi connectivity index (χ4n) is 4.54. The first kappa shape index (κ1) is 31.5. The Labute approximate surface area is 251 Å². The van der Waals surface area contributed by atoms with Crippen molar-refractivity contribution in [2.45, 2.75) is 32.3 Å². The number of hydrogen-bond acceptors (Lipinski definition) is 5. The number of nitrogens with two attached hydrogens (primary N) is 1. The number of alkyl halides is 3. The molecule has 0 saturated carbocycles. The lowest BCUT2D eigenvalue weighted by molar-refractivity contribution is -0.597. The first-order valence-electron chi connectivity index (χ1n) is 13.6. The van der Waals surface area contributed by atoms with Gasteiger partial charge >= 0.3 is 12.1 Å². The molecule has 0 aliphatic heterocycles. The molecule has 0 spiro atoms. The van der Waals surface area contributed by atoms with Gasteiger partial charge in [0.1, 0.15) is 30.1 Å². The number of benzene rings is 4. The molecule has 224 valence electrons. The molecule has 5 aromatic rings. The van der Waals surface area contributed by atoms with Crippen molar-refractivity contribution in [3.63, 3.8) is 0 Å². The summed E-state index contributed by atoms with van der Waals surface area (Å²) in [7, 11) is 0. The molecule has 0 radical (unpaired) electrons. The number of ether oxygens (including phenoxy) is 1. The Balaban J connectivity index is 0.000000566. The van der Waals surface area contributed by atoms with Crippen molar-refractivity contribution in [1.82, 2.24) is 4.57 Å². The number of carbonyl (C=O) groups excluding carboxylic acids is 2. The number of aliphatic carboxylic acids is 1. The molecule has 2 N–H and O–H groups in total. The molecule has 1 aromatic heterocycles. The maximum Gasteiger partial charge on any atom is 0.430 e. The quantitative estimate of drug-likeness (QED) is 0.273. The zero-order valence-corrected chi connectivity index (χ0v) is 23.6. The van der Waals surface area contributed by atoms with E-state index in [9.17, 15) is 23.2 Å². The number of carboxylic acid groups (broad SMARTS) is 1. The van der Waals surface area contributed by atoms with Crippen LogP contribution in [0.5, 0.6) is 5.75 Å². The molecule has 0 fully saturated rings. The molecule has 0 aliphatic carbocycles. The van der Waals surface area contributed by atoms with Crippen LogP contribution in [0, 0.1) is 11.3 Å². The Bertz CT molecular complexity index is 1780. The highest BCUT2D eigenvalue weighted by Crippen LogP contribution is 2.26. The summed E-state index contributed by atoms with van der Waals surface area (Å²) in [5, 5.41) is 20.8. The van der Waals surface area contributed by atoms with Crippen molar-refractivity contribution in [1.29, 1.82) is 5.26 Å². The van der Waals surface area contributed by atoms with Crippen molar-refractivity contribution in [2.24, 2.45) is 0 Å². The third-order valence-corrected chi connectivity index (χ3v) is 6.73. The van der Waals surface area contributed by atoms with Crippen LogP contribution in [0.2, 0.25) is 0 Å². The van der Waals surface area contributed by atoms with Crippen LogP contribution < -0.4 is 15.2 Å². The van der Waals surface area contributed by atoms with E-state index in [1.807, 2.05) is 115 Å². The fraction of sp³-hybridized carbons (Fsp3) is 0.147. The zero-order valence-electron chi connectivity index (χ0n) is 23.6. The number of hydrogen-bond donors (Lipinski definition) is 1. The molecule has 0 saturated heterocycles. The summed E-state index contributed by atoms with van der Waals surface area (Å²) in [5.41, 5.74) is 5.31. The number of carboxylic acids is 1. The number of fused-ring (bicyclic) bond motifs is 1. The normalized spacial score (nSPS) is 11.6. The number of nitriles is 1. The van der Waals surface area contributed by atoms with E-state index in [0.717, 1.165) is 33.3 Å². The van der Waals surface area contributed by atoms with Crippen LogP contribution >= 0.6 is 0 Å². The minimum atomic E-state index is -5.19. The van der Waals surface area contributed by atoms with Gasteiger partial charge in [-0.15, -0.1) is 0 Å². The number of aromatic nitrogens is 1. The number of quaternary nitrogens is 1. The van der Waals surface area contributed by atoms with Crippen molar-refractivity contribution in [3.8, 4) is 11.8 Å². The average molecular weight is 600 g/mol. The number of halogens is 3. The summed E-state index contributed by atoms with van der Waals surface area (Å²) < 4.78 is 39.6. The van der Waals surface area contributed by atoms with Crippen LogP contribution in [-0.4, -0.2) is 22.6 Å². The molecule has 0 unspecified atom stereocenters. The average Bonchev–Trinajstić information content (AvgIpc) is 3.38. The van der Waals surface area contributed by atoms with Gasteiger partial charge in [-0.3, -0.25) is 5.32 Å². The third kappa shape index (κ3) is 8.33. The molecule has 44 heavy (non-hydrogen) atoms. The Hall–Kier alpha value is -5.40. The van der Waals surface area contributed by atoms with E-state index in [-0.39, 0.29) is 11.9 Å². The zero-order chi connectivity index (χ0) is 31.7. The predicted octanol–water partition coefficient (Wildman–Crippen LogP) is 4.90. The van der Waals surface area contributed by atoms with Crippen LogP contribution in [0.1, 0.15) is 45.7 Å². The first-order chi connectivity index (χ1) is 21.0. The lowest BCUT2D eigenvalue weighted by atomic mass is 10.1. The third-order valence-electron chi connectivity index (χ3n) is 6.73. The van der Waals surface area contributed by atoms with Crippen molar-refractivity contribution >= 4 is 22.8 Å². The SMILES string of the molecule is C[C@H]([NH2+]C(=O)c1cc2cc(OCc3ccccc3)ccc2n1Cc1cccc(C#N)c1)c1ccccc1.O=C([O-])C(F)(F)F. The van der Waals surface area contributed by atoms with Crippen LogP contribution in [0.25, 0.3) is 10.9 Å². The van der Waals surface area contributed by atoms with Crippen molar-refractivity contribution in [3.05, 3.63) is 137 Å². The highest BCUT2D eigenvalue weighted by atomic mass is 19.4. The Morgan fingerprint density at radius 3 is 2.18 bits per heavy atom. The van der Waals surface area contributed by atoms with Crippen LogP contribution in [0.3, 0.4) is 0 Å². The Morgan fingerprint density at radius 2 is 1.55 bits per heavy atom. The van der Waals surface area contributed by atoms with E-state index in [1.54, 1.807) is 11.4 Å². The Kier molecular flexibility index (Phi) is 10.2. The topological polar surface area (TPSA) is 112 Å².